The maximum absolute atomic E-state index is 14.9. The van der Waals surface area contributed by atoms with Gasteiger partial charge in [0.05, 0.1) is 12.1 Å². The molecule has 2 amide bonds. The Morgan fingerprint density at radius 2 is 1.94 bits per heavy atom. The first-order valence-corrected chi connectivity index (χ1v) is 11.8. The lowest BCUT2D eigenvalue weighted by Gasteiger charge is -2.35. The number of carbonyl (C=O) groups is 2. The molecule has 7 nitrogen and oxygen atoms in total. The van der Waals surface area contributed by atoms with E-state index in [-0.39, 0.29) is 23.9 Å². The van der Waals surface area contributed by atoms with Crippen molar-refractivity contribution in [2.24, 2.45) is 22.1 Å². The fourth-order valence-electron chi connectivity index (χ4n) is 4.27. The third-order valence-corrected chi connectivity index (χ3v) is 6.66. The molecule has 2 unspecified atom stereocenters. The lowest BCUT2D eigenvalue weighted by atomic mass is 9.92. The van der Waals surface area contributed by atoms with E-state index >= 15 is 0 Å². The smallest absolute Gasteiger partial charge is 0.257 e. The molecule has 0 saturated heterocycles. The van der Waals surface area contributed by atoms with Crippen LogP contribution >= 0.6 is 0 Å². The van der Waals surface area contributed by atoms with E-state index in [4.69, 9.17) is 6.42 Å². The number of carbonyl (C=O) groups excluding carboxylic acids is 2. The summed E-state index contributed by atoms with van der Waals surface area (Å²) in [5, 5.41) is 10.5. The molecule has 1 aliphatic heterocycles. The van der Waals surface area contributed by atoms with Crippen molar-refractivity contribution in [3.63, 3.8) is 0 Å². The number of hydrogen-bond donors (Lipinski definition) is 1. The molecule has 1 aliphatic carbocycles. The van der Waals surface area contributed by atoms with Gasteiger partial charge in [-0.05, 0) is 42.9 Å². The molecule has 1 fully saturated rings. The first kappa shape index (κ1) is 26.5. The van der Waals surface area contributed by atoms with Crippen molar-refractivity contribution in [2.45, 2.75) is 57.2 Å². The first-order valence-electron chi connectivity index (χ1n) is 11.8. The topological polar surface area (TPSA) is 77.4 Å². The van der Waals surface area contributed by atoms with E-state index in [0.717, 1.165) is 12.8 Å². The second-order valence-corrected chi connectivity index (χ2v) is 9.47. The average molecular weight is 492 g/mol. The van der Waals surface area contributed by atoms with Crippen LogP contribution in [0, 0.1) is 30.0 Å². The lowest BCUT2D eigenvalue weighted by Crippen LogP contribution is -2.54. The molecule has 0 spiro atoms. The highest BCUT2D eigenvalue weighted by atomic mass is 19.3. The molecular formula is C25H32F3N5O2. The van der Waals surface area contributed by atoms with Crippen LogP contribution in [0.3, 0.4) is 0 Å². The molecule has 0 radical (unpaired) electrons. The Morgan fingerprint density at radius 1 is 1.26 bits per heavy atom. The van der Waals surface area contributed by atoms with E-state index in [9.17, 15) is 22.8 Å². The summed E-state index contributed by atoms with van der Waals surface area (Å²) in [7, 11) is 3.53. The van der Waals surface area contributed by atoms with E-state index in [1.54, 1.807) is 25.1 Å². The number of terminal acetylenes is 1. The number of benzene rings is 1. The summed E-state index contributed by atoms with van der Waals surface area (Å²) in [6.45, 7) is 1.05. The monoisotopic (exact) mass is 491 g/mol. The molecule has 1 aromatic rings. The van der Waals surface area contributed by atoms with Crippen molar-refractivity contribution < 1.29 is 22.8 Å². The Morgan fingerprint density at radius 3 is 2.49 bits per heavy atom. The number of amides is 2. The van der Waals surface area contributed by atoms with Crippen LogP contribution in [0.25, 0.3) is 0 Å². The van der Waals surface area contributed by atoms with Crippen molar-refractivity contribution in [1.29, 1.82) is 0 Å². The van der Waals surface area contributed by atoms with Crippen LogP contribution in [-0.4, -0.2) is 62.0 Å². The average Bonchev–Trinajstić information content (AvgIpc) is 3.74. The zero-order chi connectivity index (χ0) is 25.8. The number of halogens is 3. The van der Waals surface area contributed by atoms with Gasteiger partial charge in [-0.15, -0.1) is 12.3 Å². The highest BCUT2D eigenvalue weighted by Crippen LogP contribution is 2.41. The van der Waals surface area contributed by atoms with Crippen molar-refractivity contribution in [2.75, 3.05) is 32.1 Å². The van der Waals surface area contributed by atoms with Gasteiger partial charge in [0.15, 0.2) is 5.66 Å². The summed E-state index contributed by atoms with van der Waals surface area (Å²) in [5.74, 6) is 0.345. The summed E-state index contributed by atoms with van der Waals surface area (Å²) in [6, 6.07) is 3.14. The third kappa shape index (κ3) is 6.74. The van der Waals surface area contributed by atoms with Gasteiger partial charge in [-0.25, -0.2) is 13.2 Å². The summed E-state index contributed by atoms with van der Waals surface area (Å²) in [5.41, 5.74) is -0.309. The molecule has 1 aromatic carbocycles. The number of nitrogens with zero attached hydrogens (tertiary/aromatic N) is 4. The number of hydrogen-bond acceptors (Lipinski definition) is 5. The van der Waals surface area contributed by atoms with Crippen molar-refractivity contribution in [3.05, 3.63) is 29.6 Å². The molecule has 0 aromatic heterocycles. The van der Waals surface area contributed by atoms with Gasteiger partial charge in [0.1, 0.15) is 11.9 Å². The van der Waals surface area contributed by atoms with E-state index in [1.807, 2.05) is 6.92 Å². The zero-order valence-electron chi connectivity index (χ0n) is 20.3. The van der Waals surface area contributed by atoms with Crippen LogP contribution in [-0.2, 0) is 4.79 Å². The molecule has 1 N–H and O–H groups in total. The van der Waals surface area contributed by atoms with Crippen molar-refractivity contribution in [3.8, 4) is 12.3 Å². The quantitative estimate of drug-likeness (QED) is 0.422. The Hall–Kier alpha value is -3.09. The molecule has 0 bridgehead atoms. The standard InChI is InChI=1S/C25H32F3N5O2/c1-5-6-11-25(30-31-25)12-13-33(24(35)19-14-18(32(3)4)9-10-20(19)26)22(16(2)17-7-8-17)23(34)29-15-21(27)28/h1,9-10,14,16-17,21-22H,6-8,11-13,15H2,2-4H3,(H,29,34). The Labute approximate surface area is 204 Å². The van der Waals surface area contributed by atoms with Gasteiger partial charge in [-0.3, -0.25) is 9.59 Å². The number of rotatable bonds is 13. The van der Waals surface area contributed by atoms with Crippen LogP contribution in [0.5, 0.6) is 0 Å². The normalized spacial score (nSPS) is 17.4. The van der Waals surface area contributed by atoms with Gasteiger partial charge in [0, 0.05) is 45.6 Å². The Bertz CT molecular complexity index is 997. The SMILES string of the molecule is C#CCCC1(CCN(C(=O)c2cc(N(C)C)ccc2F)C(C(=O)NCC(F)F)C(C)C2CC2)N=N1. The fraction of sp³-hybridized carbons (Fsp3) is 0.600. The highest BCUT2D eigenvalue weighted by molar-refractivity contribution is 5.98. The van der Waals surface area contributed by atoms with Crippen LogP contribution < -0.4 is 10.2 Å². The minimum atomic E-state index is -2.73. The Kier molecular flexibility index (Phi) is 8.41. The number of anilines is 1. The summed E-state index contributed by atoms with van der Waals surface area (Å²) in [6.07, 6.45) is 5.63. The predicted molar refractivity (Wildman–Crippen MR) is 127 cm³/mol. The summed E-state index contributed by atoms with van der Waals surface area (Å²) >= 11 is 0. The molecule has 2 aliphatic rings. The van der Waals surface area contributed by atoms with E-state index in [0.29, 0.717) is 24.9 Å². The van der Waals surface area contributed by atoms with E-state index in [2.05, 4.69) is 21.5 Å². The lowest BCUT2D eigenvalue weighted by molar-refractivity contribution is -0.128. The maximum Gasteiger partial charge on any atom is 0.257 e. The fourth-order valence-corrected chi connectivity index (χ4v) is 4.27. The molecular weight excluding hydrogens is 459 g/mol. The van der Waals surface area contributed by atoms with Crippen LogP contribution in [0.1, 0.15) is 49.4 Å². The summed E-state index contributed by atoms with van der Waals surface area (Å²) in [4.78, 5) is 30.0. The zero-order valence-corrected chi connectivity index (χ0v) is 20.3. The van der Waals surface area contributed by atoms with Gasteiger partial charge < -0.3 is 15.1 Å². The number of alkyl halides is 2. The molecule has 10 heteroatoms. The van der Waals surface area contributed by atoms with Gasteiger partial charge in [-0.1, -0.05) is 6.92 Å². The first-order chi connectivity index (χ1) is 16.6. The highest BCUT2D eigenvalue weighted by Gasteiger charge is 2.45. The van der Waals surface area contributed by atoms with Gasteiger partial charge in [0.25, 0.3) is 12.3 Å². The maximum atomic E-state index is 14.9. The molecule has 2 atom stereocenters. The van der Waals surface area contributed by atoms with Crippen LogP contribution in [0.2, 0.25) is 0 Å². The molecule has 3 rings (SSSR count). The predicted octanol–water partition coefficient (Wildman–Crippen LogP) is 4.10. The molecule has 1 heterocycles. The second kappa shape index (κ2) is 11.1. The van der Waals surface area contributed by atoms with Gasteiger partial charge >= 0.3 is 0 Å². The number of nitrogens with one attached hydrogen (secondary N) is 1. The van der Waals surface area contributed by atoms with E-state index in [1.165, 1.54) is 17.0 Å². The molecule has 35 heavy (non-hydrogen) atoms. The second-order valence-electron chi connectivity index (χ2n) is 9.47. The van der Waals surface area contributed by atoms with Crippen molar-refractivity contribution in [1.82, 2.24) is 10.2 Å². The van der Waals surface area contributed by atoms with E-state index < -0.39 is 42.3 Å². The molecule has 190 valence electrons. The third-order valence-electron chi connectivity index (χ3n) is 6.66. The van der Waals surface area contributed by atoms with Crippen molar-refractivity contribution >= 4 is 17.5 Å². The summed E-state index contributed by atoms with van der Waals surface area (Å²) < 4.78 is 40.6. The van der Waals surface area contributed by atoms with Crippen LogP contribution in [0.4, 0.5) is 18.9 Å². The molecule has 1 saturated carbocycles. The minimum absolute atomic E-state index is 0.0475. The minimum Gasteiger partial charge on any atom is -0.378 e. The Balaban J connectivity index is 1.95. The van der Waals surface area contributed by atoms with Gasteiger partial charge in [0.2, 0.25) is 5.91 Å². The van der Waals surface area contributed by atoms with Gasteiger partial charge in [-0.2, -0.15) is 10.2 Å². The largest absolute Gasteiger partial charge is 0.378 e. The van der Waals surface area contributed by atoms with Crippen LogP contribution in [0.15, 0.2) is 28.4 Å².